The molecule has 0 radical (unpaired) electrons. The van der Waals surface area contributed by atoms with Crippen molar-refractivity contribution in [1.82, 2.24) is 5.32 Å². The van der Waals surface area contributed by atoms with E-state index in [9.17, 15) is 4.79 Å². The van der Waals surface area contributed by atoms with E-state index in [-0.39, 0.29) is 11.9 Å². The van der Waals surface area contributed by atoms with Gasteiger partial charge >= 0.3 is 5.97 Å². The maximum Gasteiger partial charge on any atom is 0.310 e. The minimum absolute atomic E-state index is 0.0741. The summed E-state index contributed by atoms with van der Waals surface area (Å²) >= 11 is 0. The molecule has 1 aliphatic heterocycles. The van der Waals surface area contributed by atoms with Crippen LogP contribution in [0.4, 0.5) is 0 Å². The lowest BCUT2D eigenvalue weighted by Crippen LogP contribution is -2.22. The SMILES string of the molecule is COC(=O)[C@H]1CNC[C@H]1C. The molecule has 0 aliphatic carbocycles. The quantitative estimate of drug-likeness (QED) is 0.526. The van der Waals surface area contributed by atoms with Crippen molar-refractivity contribution in [2.45, 2.75) is 6.92 Å². The van der Waals surface area contributed by atoms with Gasteiger partial charge in [0.15, 0.2) is 0 Å². The summed E-state index contributed by atoms with van der Waals surface area (Å²) in [7, 11) is 1.44. The number of hydrogen-bond donors (Lipinski definition) is 1. The van der Waals surface area contributed by atoms with Crippen LogP contribution in [0.5, 0.6) is 0 Å². The van der Waals surface area contributed by atoms with Gasteiger partial charge in [-0.05, 0) is 12.5 Å². The summed E-state index contributed by atoms with van der Waals surface area (Å²) in [6, 6.07) is 0. The first kappa shape index (κ1) is 7.54. The number of esters is 1. The van der Waals surface area contributed by atoms with E-state index < -0.39 is 0 Å². The Morgan fingerprint density at radius 2 is 2.30 bits per heavy atom. The molecule has 1 heterocycles. The molecule has 0 amide bonds. The Morgan fingerprint density at radius 3 is 2.70 bits per heavy atom. The lowest BCUT2D eigenvalue weighted by molar-refractivity contribution is -0.145. The van der Waals surface area contributed by atoms with Crippen molar-refractivity contribution in [2.24, 2.45) is 11.8 Å². The van der Waals surface area contributed by atoms with E-state index in [0.29, 0.717) is 5.92 Å². The van der Waals surface area contributed by atoms with Crippen molar-refractivity contribution in [3.05, 3.63) is 0 Å². The van der Waals surface area contributed by atoms with Crippen LogP contribution in [0.3, 0.4) is 0 Å². The molecule has 3 nitrogen and oxygen atoms in total. The second-order valence-electron chi connectivity index (χ2n) is 2.77. The van der Waals surface area contributed by atoms with Gasteiger partial charge in [0.05, 0.1) is 13.0 Å². The van der Waals surface area contributed by atoms with E-state index in [1.165, 1.54) is 7.11 Å². The van der Waals surface area contributed by atoms with Crippen LogP contribution >= 0.6 is 0 Å². The summed E-state index contributed by atoms with van der Waals surface area (Å²) in [5.41, 5.74) is 0. The highest BCUT2D eigenvalue weighted by Crippen LogP contribution is 2.16. The van der Waals surface area contributed by atoms with Gasteiger partial charge in [0, 0.05) is 6.54 Å². The molecule has 58 valence electrons. The van der Waals surface area contributed by atoms with Crippen LogP contribution in [0.2, 0.25) is 0 Å². The van der Waals surface area contributed by atoms with Crippen molar-refractivity contribution in [3.63, 3.8) is 0 Å². The smallest absolute Gasteiger partial charge is 0.310 e. The van der Waals surface area contributed by atoms with Gasteiger partial charge in [-0.3, -0.25) is 4.79 Å². The molecule has 1 rings (SSSR count). The molecule has 10 heavy (non-hydrogen) atoms. The van der Waals surface area contributed by atoms with E-state index in [1.54, 1.807) is 0 Å². The lowest BCUT2D eigenvalue weighted by atomic mass is 9.99. The fraction of sp³-hybridized carbons (Fsp3) is 0.857. The number of ether oxygens (including phenoxy) is 1. The number of carbonyl (C=O) groups is 1. The van der Waals surface area contributed by atoms with Crippen LogP contribution in [0.15, 0.2) is 0 Å². The molecule has 0 unspecified atom stereocenters. The predicted octanol–water partition coefficient (Wildman–Crippen LogP) is 0.0149. The summed E-state index contributed by atoms with van der Waals surface area (Å²) in [5, 5.41) is 3.14. The van der Waals surface area contributed by atoms with Gasteiger partial charge in [-0.15, -0.1) is 0 Å². The van der Waals surface area contributed by atoms with E-state index in [1.807, 2.05) is 0 Å². The monoisotopic (exact) mass is 143 g/mol. The Hall–Kier alpha value is -0.570. The zero-order valence-electron chi connectivity index (χ0n) is 6.39. The van der Waals surface area contributed by atoms with Crippen molar-refractivity contribution in [3.8, 4) is 0 Å². The summed E-state index contributed by atoms with van der Waals surface area (Å²) < 4.78 is 4.63. The third kappa shape index (κ3) is 1.29. The Balaban J connectivity index is 2.46. The van der Waals surface area contributed by atoms with Crippen LogP contribution in [-0.2, 0) is 9.53 Å². The molecule has 2 atom stereocenters. The van der Waals surface area contributed by atoms with E-state index in [2.05, 4.69) is 17.0 Å². The zero-order valence-corrected chi connectivity index (χ0v) is 6.39. The fourth-order valence-corrected chi connectivity index (χ4v) is 1.28. The van der Waals surface area contributed by atoms with Crippen LogP contribution in [0, 0.1) is 11.8 Å². The Morgan fingerprint density at radius 1 is 1.60 bits per heavy atom. The highest BCUT2D eigenvalue weighted by Gasteiger charge is 2.29. The molecule has 1 saturated heterocycles. The highest BCUT2D eigenvalue weighted by atomic mass is 16.5. The standard InChI is InChI=1S/C7H13NO2/c1-5-3-8-4-6(5)7(9)10-2/h5-6,8H,3-4H2,1-2H3/t5-,6+/m1/s1. The highest BCUT2D eigenvalue weighted by molar-refractivity contribution is 5.73. The van der Waals surface area contributed by atoms with Crippen LogP contribution < -0.4 is 5.32 Å². The second-order valence-corrected chi connectivity index (χ2v) is 2.77. The van der Waals surface area contributed by atoms with Crippen molar-refractivity contribution < 1.29 is 9.53 Å². The van der Waals surface area contributed by atoms with E-state index in [4.69, 9.17) is 0 Å². The molecule has 0 bridgehead atoms. The second kappa shape index (κ2) is 3.01. The van der Waals surface area contributed by atoms with Gasteiger partial charge in [0.25, 0.3) is 0 Å². The molecule has 0 aromatic heterocycles. The first-order chi connectivity index (χ1) is 4.75. The molecule has 0 saturated carbocycles. The van der Waals surface area contributed by atoms with Crippen molar-refractivity contribution in [1.29, 1.82) is 0 Å². The molecule has 1 N–H and O–H groups in total. The summed E-state index contributed by atoms with van der Waals surface area (Å²) in [4.78, 5) is 11.0. The zero-order chi connectivity index (χ0) is 7.56. The van der Waals surface area contributed by atoms with Gasteiger partial charge in [-0.1, -0.05) is 6.92 Å². The maximum absolute atomic E-state index is 11.0. The first-order valence-electron chi connectivity index (χ1n) is 3.54. The molecule has 1 fully saturated rings. The average molecular weight is 143 g/mol. The largest absolute Gasteiger partial charge is 0.469 e. The summed E-state index contributed by atoms with van der Waals surface area (Å²) in [5.74, 6) is 0.412. The van der Waals surface area contributed by atoms with E-state index in [0.717, 1.165) is 13.1 Å². The van der Waals surface area contributed by atoms with Crippen LogP contribution in [0.25, 0.3) is 0 Å². The number of hydrogen-bond acceptors (Lipinski definition) is 3. The molecule has 1 aliphatic rings. The predicted molar refractivity (Wildman–Crippen MR) is 37.5 cm³/mol. The lowest BCUT2D eigenvalue weighted by Gasteiger charge is -2.09. The molecular weight excluding hydrogens is 130 g/mol. The summed E-state index contributed by atoms with van der Waals surface area (Å²) in [6.45, 7) is 3.76. The maximum atomic E-state index is 11.0. The van der Waals surface area contributed by atoms with Crippen molar-refractivity contribution in [2.75, 3.05) is 20.2 Å². The number of carbonyl (C=O) groups excluding carboxylic acids is 1. The normalized spacial score (nSPS) is 32.2. The topological polar surface area (TPSA) is 38.3 Å². The Bertz CT molecular complexity index is 136. The molecule has 0 aromatic rings. The first-order valence-corrected chi connectivity index (χ1v) is 3.54. The molecular formula is C7H13NO2. The average Bonchev–Trinajstić information content (AvgIpc) is 2.34. The third-order valence-corrected chi connectivity index (χ3v) is 2.02. The van der Waals surface area contributed by atoms with Crippen LogP contribution in [-0.4, -0.2) is 26.2 Å². The number of rotatable bonds is 1. The van der Waals surface area contributed by atoms with Gasteiger partial charge in [0.1, 0.15) is 0 Å². The Kier molecular flexibility index (Phi) is 2.27. The van der Waals surface area contributed by atoms with Gasteiger partial charge in [0.2, 0.25) is 0 Å². The summed E-state index contributed by atoms with van der Waals surface area (Å²) in [6.07, 6.45) is 0. The molecule has 0 aromatic carbocycles. The third-order valence-electron chi connectivity index (χ3n) is 2.02. The van der Waals surface area contributed by atoms with Crippen molar-refractivity contribution >= 4 is 5.97 Å². The molecule has 0 spiro atoms. The van der Waals surface area contributed by atoms with Gasteiger partial charge in [-0.25, -0.2) is 0 Å². The van der Waals surface area contributed by atoms with Crippen LogP contribution in [0.1, 0.15) is 6.92 Å². The van der Waals surface area contributed by atoms with E-state index >= 15 is 0 Å². The van der Waals surface area contributed by atoms with Gasteiger partial charge in [-0.2, -0.15) is 0 Å². The number of nitrogens with one attached hydrogen (secondary N) is 1. The molecule has 3 heteroatoms. The number of methoxy groups -OCH3 is 1. The Labute approximate surface area is 60.7 Å². The minimum atomic E-state index is -0.0856. The fourth-order valence-electron chi connectivity index (χ4n) is 1.28. The van der Waals surface area contributed by atoms with Gasteiger partial charge < -0.3 is 10.1 Å². The minimum Gasteiger partial charge on any atom is -0.469 e.